The second-order valence-electron chi connectivity index (χ2n) is 5.58. The lowest BCUT2D eigenvalue weighted by molar-refractivity contribution is 0.111. The minimum absolute atomic E-state index is 0.399. The SMILES string of the molecule is O=Cc1ncc(-c2ccccc2)c(-n2cccn2)c1-c1ccccc1. The van der Waals surface area contributed by atoms with Crippen molar-refractivity contribution in [1.29, 1.82) is 0 Å². The van der Waals surface area contributed by atoms with Gasteiger partial charge in [-0.1, -0.05) is 60.7 Å². The van der Waals surface area contributed by atoms with E-state index >= 15 is 0 Å². The van der Waals surface area contributed by atoms with Crippen LogP contribution in [0.2, 0.25) is 0 Å². The number of benzene rings is 2. The van der Waals surface area contributed by atoms with Crippen molar-refractivity contribution in [3.05, 3.63) is 91.0 Å². The predicted octanol–water partition coefficient (Wildman–Crippen LogP) is 4.41. The molecule has 4 nitrogen and oxygen atoms in total. The van der Waals surface area contributed by atoms with Crippen molar-refractivity contribution in [3.63, 3.8) is 0 Å². The molecular formula is C21H15N3O. The van der Waals surface area contributed by atoms with Gasteiger partial charge in [0.15, 0.2) is 6.29 Å². The lowest BCUT2D eigenvalue weighted by Gasteiger charge is -2.17. The second kappa shape index (κ2) is 6.53. The topological polar surface area (TPSA) is 47.8 Å². The number of hydrogen-bond acceptors (Lipinski definition) is 3. The molecule has 4 heteroatoms. The van der Waals surface area contributed by atoms with Gasteiger partial charge in [0.25, 0.3) is 0 Å². The molecule has 0 saturated carbocycles. The number of aromatic nitrogens is 3. The van der Waals surface area contributed by atoms with Gasteiger partial charge in [0.1, 0.15) is 5.69 Å². The molecular weight excluding hydrogens is 310 g/mol. The highest BCUT2D eigenvalue weighted by Crippen LogP contribution is 2.36. The minimum Gasteiger partial charge on any atom is -0.296 e. The monoisotopic (exact) mass is 325 g/mol. The Hall–Kier alpha value is -3.53. The standard InChI is InChI=1S/C21H15N3O/c25-15-19-20(17-10-5-2-6-11-17)21(24-13-7-12-23-24)18(14-22-19)16-8-3-1-4-9-16/h1-15H. The van der Waals surface area contributed by atoms with Crippen molar-refractivity contribution in [2.45, 2.75) is 0 Å². The van der Waals surface area contributed by atoms with Gasteiger partial charge in [-0.05, 0) is 17.2 Å². The van der Waals surface area contributed by atoms with E-state index in [1.54, 1.807) is 17.1 Å². The van der Waals surface area contributed by atoms with E-state index < -0.39 is 0 Å². The molecule has 0 aliphatic carbocycles. The van der Waals surface area contributed by atoms with E-state index in [0.717, 1.165) is 34.2 Å². The molecule has 0 saturated heterocycles. The Kier molecular flexibility index (Phi) is 3.92. The summed E-state index contributed by atoms with van der Waals surface area (Å²) < 4.78 is 1.79. The zero-order valence-corrected chi connectivity index (χ0v) is 13.4. The van der Waals surface area contributed by atoms with E-state index in [4.69, 9.17) is 0 Å². The van der Waals surface area contributed by atoms with Crippen LogP contribution in [0, 0.1) is 0 Å². The van der Waals surface area contributed by atoms with Gasteiger partial charge in [0.05, 0.1) is 5.69 Å². The summed E-state index contributed by atoms with van der Waals surface area (Å²) in [4.78, 5) is 16.1. The Morgan fingerprint density at radius 1 is 0.840 bits per heavy atom. The van der Waals surface area contributed by atoms with Gasteiger partial charge in [-0.2, -0.15) is 5.10 Å². The summed E-state index contributed by atoms with van der Waals surface area (Å²) in [5.41, 5.74) is 4.90. The van der Waals surface area contributed by atoms with Crippen LogP contribution in [0.15, 0.2) is 85.3 Å². The molecule has 2 heterocycles. The van der Waals surface area contributed by atoms with Gasteiger partial charge in [-0.3, -0.25) is 9.78 Å². The first-order valence-electron chi connectivity index (χ1n) is 7.97. The van der Waals surface area contributed by atoms with Crippen LogP contribution in [0.4, 0.5) is 0 Å². The van der Waals surface area contributed by atoms with Gasteiger partial charge in [-0.25, -0.2) is 4.68 Å². The number of rotatable bonds is 4. The normalized spacial score (nSPS) is 10.6. The quantitative estimate of drug-likeness (QED) is 0.522. The van der Waals surface area contributed by atoms with Gasteiger partial charge >= 0.3 is 0 Å². The third-order valence-corrected chi connectivity index (χ3v) is 4.07. The second-order valence-corrected chi connectivity index (χ2v) is 5.58. The number of carbonyl (C=O) groups is 1. The molecule has 0 fully saturated rings. The zero-order chi connectivity index (χ0) is 17.1. The molecule has 0 amide bonds. The highest BCUT2D eigenvalue weighted by molar-refractivity contribution is 5.94. The highest BCUT2D eigenvalue weighted by atomic mass is 16.1. The smallest absolute Gasteiger partial charge is 0.169 e. The Morgan fingerprint density at radius 3 is 2.12 bits per heavy atom. The Balaban J connectivity index is 2.10. The van der Waals surface area contributed by atoms with Gasteiger partial charge in [0, 0.05) is 29.7 Å². The third-order valence-electron chi connectivity index (χ3n) is 4.07. The largest absolute Gasteiger partial charge is 0.296 e. The molecule has 2 aromatic carbocycles. The fraction of sp³-hybridized carbons (Fsp3) is 0. The van der Waals surface area contributed by atoms with Gasteiger partial charge in [0.2, 0.25) is 0 Å². The summed E-state index contributed by atoms with van der Waals surface area (Å²) >= 11 is 0. The first-order valence-corrected chi connectivity index (χ1v) is 7.97. The number of carbonyl (C=O) groups excluding carboxylic acids is 1. The van der Waals surface area contributed by atoms with E-state index in [-0.39, 0.29) is 0 Å². The molecule has 0 atom stereocenters. The number of hydrogen-bond donors (Lipinski definition) is 0. The Morgan fingerprint density at radius 2 is 1.52 bits per heavy atom. The summed E-state index contributed by atoms with van der Waals surface area (Å²) in [7, 11) is 0. The molecule has 0 aliphatic heterocycles. The maximum Gasteiger partial charge on any atom is 0.169 e. The van der Waals surface area contributed by atoms with Crippen LogP contribution >= 0.6 is 0 Å². The van der Waals surface area contributed by atoms with Crippen LogP contribution in [0.3, 0.4) is 0 Å². The van der Waals surface area contributed by atoms with Crippen LogP contribution in [-0.2, 0) is 0 Å². The van der Waals surface area contributed by atoms with Gasteiger partial charge < -0.3 is 0 Å². The van der Waals surface area contributed by atoms with E-state index in [0.29, 0.717) is 5.69 Å². The molecule has 120 valence electrons. The summed E-state index contributed by atoms with van der Waals surface area (Å²) in [5.74, 6) is 0. The van der Waals surface area contributed by atoms with Crippen molar-refractivity contribution in [2.24, 2.45) is 0 Å². The molecule has 0 unspecified atom stereocenters. The summed E-state index contributed by atoms with van der Waals surface area (Å²) in [6.07, 6.45) is 6.14. The molecule has 0 bridgehead atoms. The van der Waals surface area contributed by atoms with Crippen molar-refractivity contribution in [3.8, 4) is 27.9 Å². The van der Waals surface area contributed by atoms with Crippen molar-refractivity contribution in [2.75, 3.05) is 0 Å². The first-order chi connectivity index (χ1) is 12.4. The number of pyridine rings is 1. The summed E-state index contributed by atoms with van der Waals surface area (Å²) in [6, 6.07) is 21.7. The van der Waals surface area contributed by atoms with Crippen molar-refractivity contribution >= 4 is 6.29 Å². The van der Waals surface area contributed by atoms with Crippen LogP contribution in [0.5, 0.6) is 0 Å². The van der Waals surface area contributed by atoms with Gasteiger partial charge in [-0.15, -0.1) is 0 Å². The first kappa shape index (κ1) is 15.0. The fourth-order valence-electron chi connectivity index (χ4n) is 2.96. The summed E-state index contributed by atoms with van der Waals surface area (Å²) in [6.45, 7) is 0. The molecule has 2 aromatic heterocycles. The third kappa shape index (κ3) is 2.74. The lowest BCUT2D eigenvalue weighted by Crippen LogP contribution is -2.05. The molecule has 4 aromatic rings. The molecule has 0 spiro atoms. The van der Waals surface area contributed by atoms with E-state index in [1.165, 1.54) is 0 Å². The highest BCUT2D eigenvalue weighted by Gasteiger charge is 2.19. The predicted molar refractivity (Wildman–Crippen MR) is 97.6 cm³/mol. The van der Waals surface area contributed by atoms with E-state index in [2.05, 4.69) is 10.1 Å². The molecule has 0 aliphatic rings. The maximum atomic E-state index is 11.7. The Bertz CT molecular complexity index is 994. The average molecular weight is 325 g/mol. The van der Waals surface area contributed by atoms with Crippen LogP contribution in [0.1, 0.15) is 10.5 Å². The van der Waals surface area contributed by atoms with Crippen LogP contribution < -0.4 is 0 Å². The molecule has 25 heavy (non-hydrogen) atoms. The molecule has 0 N–H and O–H groups in total. The molecule has 4 rings (SSSR count). The average Bonchev–Trinajstić information content (AvgIpc) is 3.22. The maximum absolute atomic E-state index is 11.7. The van der Waals surface area contributed by atoms with Crippen LogP contribution in [-0.4, -0.2) is 21.1 Å². The van der Waals surface area contributed by atoms with E-state index in [9.17, 15) is 4.79 Å². The van der Waals surface area contributed by atoms with Crippen molar-refractivity contribution < 1.29 is 4.79 Å². The lowest BCUT2D eigenvalue weighted by atomic mass is 9.96. The van der Waals surface area contributed by atoms with Crippen LogP contribution in [0.25, 0.3) is 27.9 Å². The Labute approximate surface area is 145 Å². The van der Waals surface area contributed by atoms with E-state index in [1.807, 2.05) is 72.9 Å². The number of nitrogens with zero attached hydrogens (tertiary/aromatic N) is 3. The number of aldehydes is 1. The zero-order valence-electron chi connectivity index (χ0n) is 13.4. The fourth-order valence-corrected chi connectivity index (χ4v) is 2.96. The minimum atomic E-state index is 0.399. The summed E-state index contributed by atoms with van der Waals surface area (Å²) in [5, 5.41) is 4.41. The van der Waals surface area contributed by atoms with Crippen molar-refractivity contribution in [1.82, 2.24) is 14.8 Å². The molecule has 0 radical (unpaired) electrons.